The van der Waals surface area contributed by atoms with Gasteiger partial charge in [0.2, 0.25) is 0 Å². The molecule has 0 radical (unpaired) electrons. The lowest BCUT2D eigenvalue weighted by molar-refractivity contribution is -0.131. The Morgan fingerprint density at radius 2 is 1.95 bits per heavy atom. The van der Waals surface area contributed by atoms with E-state index in [4.69, 9.17) is 10.00 Å². The highest BCUT2D eigenvalue weighted by Crippen LogP contribution is 2.21. The molecule has 2 rings (SSSR count). The van der Waals surface area contributed by atoms with Gasteiger partial charge in [-0.2, -0.15) is 5.26 Å². The quantitative estimate of drug-likeness (QED) is 0.915. The number of carbonyl (C=O) groups is 1. The van der Waals surface area contributed by atoms with Gasteiger partial charge in [0.1, 0.15) is 6.10 Å². The summed E-state index contributed by atoms with van der Waals surface area (Å²) in [6.45, 7) is 1.79. The minimum absolute atomic E-state index is 0.139. The number of rotatable bonds is 4. The number of hydrogen-bond donors (Lipinski definition) is 1. The molecule has 1 unspecified atom stereocenters. The zero-order valence-corrected chi connectivity index (χ0v) is 11.8. The van der Waals surface area contributed by atoms with Crippen molar-refractivity contribution in [2.45, 2.75) is 51.2 Å². The van der Waals surface area contributed by atoms with Gasteiger partial charge >= 0.3 is 0 Å². The monoisotopic (exact) mass is 272 g/mol. The minimum atomic E-state index is -0.450. The van der Waals surface area contributed by atoms with Crippen LogP contribution in [0.2, 0.25) is 0 Å². The number of ether oxygens (including phenoxy) is 1. The van der Waals surface area contributed by atoms with Crippen LogP contribution in [-0.4, -0.2) is 18.1 Å². The number of nitrogens with one attached hydrogen (secondary N) is 1. The van der Waals surface area contributed by atoms with Gasteiger partial charge in [-0.25, -0.2) is 0 Å². The molecule has 1 saturated carbocycles. The molecule has 1 aliphatic carbocycles. The molecule has 1 N–H and O–H groups in total. The van der Waals surface area contributed by atoms with Gasteiger partial charge in [0.05, 0.1) is 17.7 Å². The molecule has 106 valence electrons. The first-order valence-electron chi connectivity index (χ1n) is 7.15. The van der Waals surface area contributed by atoms with Crippen molar-refractivity contribution in [2.24, 2.45) is 0 Å². The topological polar surface area (TPSA) is 62.1 Å². The minimum Gasteiger partial charge on any atom is -0.365 e. The lowest BCUT2D eigenvalue weighted by Gasteiger charge is -2.25. The van der Waals surface area contributed by atoms with E-state index >= 15 is 0 Å². The number of anilines is 1. The number of benzene rings is 1. The van der Waals surface area contributed by atoms with Crippen LogP contribution in [0.5, 0.6) is 0 Å². The summed E-state index contributed by atoms with van der Waals surface area (Å²) >= 11 is 0. The second kappa shape index (κ2) is 7.06. The van der Waals surface area contributed by atoms with Crippen LogP contribution in [0.3, 0.4) is 0 Å². The first kappa shape index (κ1) is 14.5. The van der Waals surface area contributed by atoms with Crippen LogP contribution in [0.25, 0.3) is 0 Å². The van der Waals surface area contributed by atoms with Crippen molar-refractivity contribution >= 4 is 11.6 Å². The van der Waals surface area contributed by atoms with Crippen molar-refractivity contribution in [2.75, 3.05) is 5.32 Å². The number of hydrogen-bond acceptors (Lipinski definition) is 3. The molecule has 4 heteroatoms. The normalized spacial score (nSPS) is 17.2. The number of nitrogens with zero attached hydrogens (tertiary/aromatic N) is 1. The molecule has 0 heterocycles. The molecule has 1 amide bonds. The highest BCUT2D eigenvalue weighted by Gasteiger charge is 2.21. The van der Waals surface area contributed by atoms with E-state index in [1.54, 1.807) is 31.2 Å². The maximum absolute atomic E-state index is 12.0. The van der Waals surface area contributed by atoms with E-state index in [1.807, 2.05) is 6.07 Å². The van der Waals surface area contributed by atoms with E-state index in [0.717, 1.165) is 12.8 Å². The highest BCUT2D eigenvalue weighted by molar-refractivity contribution is 5.93. The average molecular weight is 272 g/mol. The van der Waals surface area contributed by atoms with Crippen molar-refractivity contribution in [1.29, 1.82) is 5.26 Å². The third-order valence-corrected chi connectivity index (χ3v) is 3.60. The summed E-state index contributed by atoms with van der Waals surface area (Å²) in [7, 11) is 0. The molecule has 0 aromatic heterocycles. The maximum atomic E-state index is 12.0. The van der Waals surface area contributed by atoms with Gasteiger partial charge in [-0.1, -0.05) is 19.3 Å². The van der Waals surface area contributed by atoms with Crippen LogP contribution in [0.15, 0.2) is 24.3 Å². The smallest absolute Gasteiger partial charge is 0.253 e. The second-order valence-corrected chi connectivity index (χ2v) is 5.22. The van der Waals surface area contributed by atoms with Gasteiger partial charge in [-0.05, 0) is 44.0 Å². The van der Waals surface area contributed by atoms with Crippen LogP contribution in [-0.2, 0) is 9.53 Å². The third-order valence-electron chi connectivity index (χ3n) is 3.60. The van der Waals surface area contributed by atoms with Crippen LogP contribution >= 0.6 is 0 Å². The third kappa shape index (κ3) is 4.07. The Kier molecular flexibility index (Phi) is 5.14. The van der Waals surface area contributed by atoms with Crippen molar-refractivity contribution in [3.63, 3.8) is 0 Å². The number of amides is 1. The molecule has 1 aliphatic rings. The van der Waals surface area contributed by atoms with Gasteiger partial charge < -0.3 is 10.1 Å². The Morgan fingerprint density at radius 3 is 2.55 bits per heavy atom. The lowest BCUT2D eigenvalue weighted by Crippen LogP contribution is -2.32. The van der Waals surface area contributed by atoms with Crippen molar-refractivity contribution in [1.82, 2.24) is 0 Å². The van der Waals surface area contributed by atoms with Gasteiger partial charge in [-0.15, -0.1) is 0 Å². The summed E-state index contributed by atoms with van der Waals surface area (Å²) in [5, 5.41) is 11.5. The zero-order valence-electron chi connectivity index (χ0n) is 11.8. The Morgan fingerprint density at radius 1 is 1.30 bits per heavy atom. The largest absolute Gasteiger partial charge is 0.365 e. The fourth-order valence-corrected chi connectivity index (χ4v) is 2.42. The molecule has 1 aromatic rings. The molecule has 0 bridgehead atoms. The predicted octanol–water partition coefficient (Wildman–Crippen LogP) is 3.23. The van der Waals surface area contributed by atoms with Crippen LogP contribution in [0, 0.1) is 11.3 Å². The maximum Gasteiger partial charge on any atom is 0.253 e. The van der Waals surface area contributed by atoms with Gasteiger partial charge in [0.25, 0.3) is 5.91 Å². The first-order valence-corrected chi connectivity index (χ1v) is 7.15. The molecule has 0 aliphatic heterocycles. The van der Waals surface area contributed by atoms with Gasteiger partial charge in [0, 0.05) is 5.69 Å². The molecule has 0 spiro atoms. The Bertz CT molecular complexity index is 484. The molecule has 20 heavy (non-hydrogen) atoms. The summed E-state index contributed by atoms with van der Waals surface area (Å²) in [4.78, 5) is 12.0. The molecule has 4 nitrogen and oxygen atoms in total. The van der Waals surface area contributed by atoms with Crippen LogP contribution < -0.4 is 5.32 Å². The van der Waals surface area contributed by atoms with E-state index < -0.39 is 6.10 Å². The zero-order chi connectivity index (χ0) is 14.4. The van der Waals surface area contributed by atoms with E-state index in [-0.39, 0.29) is 12.0 Å². The molecular weight excluding hydrogens is 252 g/mol. The number of carbonyl (C=O) groups excluding carboxylic acids is 1. The van der Waals surface area contributed by atoms with Crippen molar-refractivity contribution < 1.29 is 9.53 Å². The molecule has 1 fully saturated rings. The van der Waals surface area contributed by atoms with E-state index in [2.05, 4.69) is 5.32 Å². The Hall–Kier alpha value is -1.86. The SMILES string of the molecule is CC(OC1CCCCC1)C(=O)Nc1ccc(C#N)cc1. The lowest BCUT2D eigenvalue weighted by atomic mass is 9.97. The number of nitriles is 1. The summed E-state index contributed by atoms with van der Waals surface area (Å²) in [6, 6.07) is 8.86. The molecular formula is C16H20N2O2. The predicted molar refractivity (Wildman–Crippen MR) is 77.2 cm³/mol. The van der Waals surface area contributed by atoms with Crippen LogP contribution in [0.1, 0.15) is 44.6 Å². The second-order valence-electron chi connectivity index (χ2n) is 5.22. The summed E-state index contributed by atoms with van der Waals surface area (Å²) < 4.78 is 5.81. The van der Waals surface area contributed by atoms with Crippen molar-refractivity contribution in [3.8, 4) is 6.07 Å². The summed E-state index contributed by atoms with van der Waals surface area (Å²) in [6.07, 6.45) is 5.51. The standard InChI is InChI=1S/C16H20N2O2/c1-12(20-15-5-3-2-4-6-15)16(19)18-14-9-7-13(11-17)8-10-14/h7-10,12,15H,2-6H2,1H3,(H,18,19). The van der Waals surface area contributed by atoms with Gasteiger partial charge in [-0.3, -0.25) is 4.79 Å². The molecule has 1 aromatic carbocycles. The first-order chi connectivity index (χ1) is 9.69. The Labute approximate surface area is 119 Å². The van der Waals surface area contributed by atoms with Crippen molar-refractivity contribution in [3.05, 3.63) is 29.8 Å². The summed E-state index contributed by atoms with van der Waals surface area (Å²) in [5.74, 6) is -0.139. The average Bonchev–Trinajstić information content (AvgIpc) is 2.49. The molecule has 0 saturated heterocycles. The van der Waals surface area contributed by atoms with Gasteiger partial charge in [0.15, 0.2) is 0 Å². The van der Waals surface area contributed by atoms with E-state index in [9.17, 15) is 4.79 Å². The van der Waals surface area contributed by atoms with E-state index in [1.165, 1.54) is 19.3 Å². The fraction of sp³-hybridized carbons (Fsp3) is 0.500. The summed E-state index contributed by atoms with van der Waals surface area (Å²) in [5.41, 5.74) is 1.27. The fourth-order valence-electron chi connectivity index (χ4n) is 2.42. The highest BCUT2D eigenvalue weighted by atomic mass is 16.5. The van der Waals surface area contributed by atoms with Crippen LogP contribution in [0.4, 0.5) is 5.69 Å². The molecule has 1 atom stereocenters. The van der Waals surface area contributed by atoms with E-state index in [0.29, 0.717) is 11.3 Å². The Balaban J connectivity index is 1.85.